The Balaban J connectivity index is 1.59. The van der Waals surface area contributed by atoms with Crippen LogP contribution < -0.4 is 5.73 Å². The van der Waals surface area contributed by atoms with Crippen LogP contribution in [0.15, 0.2) is 36.4 Å². The number of rotatable bonds is 3. The highest BCUT2D eigenvalue weighted by atomic mass is 19.1. The number of amides is 1. The van der Waals surface area contributed by atoms with E-state index in [1.54, 1.807) is 0 Å². The Morgan fingerprint density at radius 1 is 1.36 bits per heavy atom. The van der Waals surface area contributed by atoms with Crippen LogP contribution in [-0.2, 0) is 4.79 Å². The van der Waals surface area contributed by atoms with Gasteiger partial charge in [0.25, 0.3) is 0 Å². The van der Waals surface area contributed by atoms with E-state index < -0.39 is 6.17 Å². The van der Waals surface area contributed by atoms with Crippen LogP contribution in [0, 0.1) is 12.8 Å². The van der Waals surface area contributed by atoms with Crippen molar-refractivity contribution < 1.29 is 9.18 Å². The van der Waals surface area contributed by atoms with Gasteiger partial charge < -0.3 is 10.6 Å². The predicted octanol–water partition coefficient (Wildman–Crippen LogP) is 3.34. The number of aryl methyl sites for hydroxylation is 1. The number of allylic oxidation sites excluding steroid dienone is 4. The molecule has 1 saturated carbocycles. The number of halogens is 1. The Morgan fingerprint density at radius 2 is 2.20 bits per heavy atom. The predicted molar refractivity (Wildman–Crippen MR) is 97.8 cm³/mol. The van der Waals surface area contributed by atoms with Crippen LogP contribution in [0.2, 0.25) is 0 Å². The first kappa shape index (κ1) is 16.5. The topological polar surface area (TPSA) is 46.3 Å². The van der Waals surface area contributed by atoms with E-state index in [-0.39, 0.29) is 23.8 Å². The van der Waals surface area contributed by atoms with Crippen LogP contribution >= 0.6 is 0 Å². The van der Waals surface area contributed by atoms with Gasteiger partial charge in [0, 0.05) is 31.5 Å². The number of alkyl halides is 1. The normalized spacial score (nSPS) is 31.2. The van der Waals surface area contributed by atoms with Crippen LogP contribution in [0.3, 0.4) is 0 Å². The fourth-order valence-corrected chi connectivity index (χ4v) is 4.14. The lowest BCUT2D eigenvalue weighted by Crippen LogP contribution is -2.33. The Hall–Kier alpha value is -1.94. The summed E-state index contributed by atoms with van der Waals surface area (Å²) in [6, 6.07) is 6.34. The number of benzene rings is 1. The lowest BCUT2D eigenvalue weighted by molar-refractivity contribution is -0.131. The summed E-state index contributed by atoms with van der Waals surface area (Å²) in [4.78, 5) is 14.6. The molecular formula is C21H25FN2O. The standard InChI is InChI=1S/C21H25FN2O/c1-13-6-7-15(17(10-13)16-4-2-3-5-20(16)22)18-11-19(18)21(25)24-9-8-14(23)12-24/h2-4,6-7,10,14,18-20H,5,8-9,11-12,23H2,1H3. The maximum absolute atomic E-state index is 14.5. The van der Waals surface area contributed by atoms with Gasteiger partial charge in [-0.15, -0.1) is 0 Å². The summed E-state index contributed by atoms with van der Waals surface area (Å²) < 4.78 is 14.5. The summed E-state index contributed by atoms with van der Waals surface area (Å²) in [6.45, 7) is 3.47. The molecule has 1 aromatic rings. The third kappa shape index (κ3) is 3.15. The Bertz CT molecular complexity index is 754. The van der Waals surface area contributed by atoms with Crippen molar-refractivity contribution in [3.05, 3.63) is 53.1 Å². The molecule has 1 amide bonds. The van der Waals surface area contributed by atoms with E-state index in [1.807, 2.05) is 30.1 Å². The average molecular weight is 340 g/mol. The second-order valence-corrected chi connectivity index (χ2v) is 7.63. The van der Waals surface area contributed by atoms with E-state index in [4.69, 9.17) is 5.73 Å². The Kier molecular flexibility index (Phi) is 4.24. The van der Waals surface area contributed by atoms with Crippen LogP contribution in [0.4, 0.5) is 4.39 Å². The summed E-state index contributed by atoms with van der Waals surface area (Å²) in [7, 11) is 0. The SMILES string of the molecule is Cc1ccc(C2CC2C(=O)N2CCC(N)C2)c(C2=CC=CCC2F)c1. The largest absolute Gasteiger partial charge is 0.341 e. The first-order chi connectivity index (χ1) is 12.0. The van der Waals surface area contributed by atoms with Gasteiger partial charge in [0.1, 0.15) is 6.17 Å². The van der Waals surface area contributed by atoms with Crippen LogP contribution in [0.1, 0.15) is 41.9 Å². The molecule has 4 atom stereocenters. The fraction of sp³-hybridized carbons (Fsp3) is 0.476. The van der Waals surface area contributed by atoms with Gasteiger partial charge in [-0.05, 0) is 42.4 Å². The Labute approximate surface area is 148 Å². The smallest absolute Gasteiger partial charge is 0.226 e. The number of carbonyl (C=O) groups excluding carboxylic acids is 1. The molecule has 1 aromatic carbocycles. The minimum Gasteiger partial charge on any atom is -0.341 e. The highest BCUT2D eigenvalue weighted by molar-refractivity contribution is 5.84. The molecule has 3 aliphatic rings. The van der Waals surface area contributed by atoms with Crippen LogP contribution in [-0.4, -0.2) is 36.1 Å². The number of hydrogen-bond acceptors (Lipinski definition) is 2. The van der Waals surface area contributed by atoms with Gasteiger partial charge in [-0.3, -0.25) is 4.79 Å². The molecule has 0 aromatic heterocycles. The van der Waals surface area contributed by atoms with Gasteiger partial charge in [0.05, 0.1) is 0 Å². The molecule has 0 radical (unpaired) electrons. The lowest BCUT2D eigenvalue weighted by Gasteiger charge is -2.19. The molecule has 4 unspecified atom stereocenters. The molecule has 4 rings (SSSR count). The molecule has 1 heterocycles. The third-order valence-electron chi connectivity index (χ3n) is 5.66. The lowest BCUT2D eigenvalue weighted by atomic mass is 9.89. The van der Waals surface area contributed by atoms with E-state index in [1.165, 1.54) is 0 Å². The number of carbonyl (C=O) groups is 1. The van der Waals surface area contributed by atoms with Crippen molar-refractivity contribution in [2.75, 3.05) is 13.1 Å². The van der Waals surface area contributed by atoms with Crippen molar-refractivity contribution in [1.82, 2.24) is 4.90 Å². The van der Waals surface area contributed by atoms with E-state index in [0.29, 0.717) is 13.0 Å². The van der Waals surface area contributed by atoms with Gasteiger partial charge in [-0.25, -0.2) is 4.39 Å². The molecule has 25 heavy (non-hydrogen) atoms. The van der Waals surface area contributed by atoms with Gasteiger partial charge in [0.15, 0.2) is 0 Å². The molecule has 132 valence electrons. The molecular weight excluding hydrogens is 315 g/mol. The summed E-state index contributed by atoms with van der Waals surface area (Å²) in [5, 5.41) is 0. The van der Waals surface area contributed by atoms with Gasteiger partial charge in [-0.1, -0.05) is 42.0 Å². The zero-order chi connectivity index (χ0) is 17.6. The number of nitrogens with two attached hydrogens (primary N) is 1. The summed E-state index contributed by atoms with van der Waals surface area (Å²) >= 11 is 0. The van der Waals surface area contributed by atoms with Crippen molar-refractivity contribution in [3.63, 3.8) is 0 Å². The van der Waals surface area contributed by atoms with Crippen molar-refractivity contribution in [3.8, 4) is 0 Å². The maximum Gasteiger partial charge on any atom is 0.226 e. The van der Waals surface area contributed by atoms with Crippen molar-refractivity contribution in [1.29, 1.82) is 0 Å². The fourth-order valence-electron chi connectivity index (χ4n) is 4.14. The quantitative estimate of drug-likeness (QED) is 0.917. The molecule has 3 nitrogen and oxygen atoms in total. The van der Waals surface area contributed by atoms with E-state index in [0.717, 1.165) is 41.6 Å². The number of nitrogens with zero attached hydrogens (tertiary/aromatic N) is 1. The summed E-state index contributed by atoms with van der Waals surface area (Å²) in [5.74, 6) is 0.460. The highest BCUT2D eigenvalue weighted by Gasteiger charge is 2.47. The maximum atomic E-state index is 14.5. The van der Waals surface area contributed by atoms with Crippen molar-refractivity contribution in [2.24, 2.45) is 11.7 Å². The second-order valence-electron chi connectivity index (χ2n) is 7.63. The molecule has 0 spiro atoms. The Morgan fingerprint density at radius 3 is 2.92 bits per heavy atom. The molecule has 0 bridgehead atoms. The molecule has 1 saturated heterocycles. The zero-order valence-electron chi connectivity index (χ0n) is 14.6. The van der Waals surface area contributed by atoms with Crippen molar-refractivity contribution in [2.45, 2.75) is 44.3 Å². The van der Waals surface area contributed by atoms with Gasteiger partial charge in [0.2, 0.25) is 5.91 Å². The summed E-state index contributed by atoms with van der Waals surface area (Å²) in [5.41, 5.74) is 9.91. The minimum atomic E-state index is -0.963. The number of hydrogen-bond donors (Lipinski definition) is 1. The molecule has 4 heteroatoms. The molecule has 2 N–H and O–H groups in total. The first-order valence-electron chi connectivity index (χ1n) is 9.20. The molecule has 2 fully saturated rings. The molecule has 1 aliphatic heterocycles. The van der Waals surface area contributed by atoms with Crippen molar-refractivity contribution >= 4 is 11.5 Å². The van der Waals surface area contributed by atoms with E-state index in [9.17, 15) is 9.18 Å². The van der Waals surface area contributed by atoms with E-state index in [2.05, 4.69) is 18.2 Å². The van der Waals surface area contributed by atoms with Crippen LogP contribution in [0.5, 0.6) is 0 Å². The molecule has 2 aliphatic carbocycles. The van der Waals surface area contributed by atoms with Crippen LogP contribution in [0.25, 0.3) is 5.57 Å². The monoisotopic (exact) mass is 340 g/mol. The first-order valence-corrected chi connectivity index (χ1v) is 9.20. The third-order valence-corrected chi connectivity index (χ3v) is 5.66. The van der Waals surface area contributed by atoms with E-state index >= 15 is 0 Å². The minimum absolute atomic E-state index is 0.0320. The average Bonchev–Trinajstić information content (AvgIpc) is 3.27. The summed E-state index contributed by atoms with van der Waals surface area (Å²) in [6.07, 6.45) is 6.89. The number of likely N-dealkylation sites (tertiary alicyclic amines) is 1. The van der Waals surface area contributed by atoms with Gasteiger partial charge in [-0.2, -0.15) is 0 Å². The zero-order valence-corrected chi connectivity index (χ0v) is 14.6. The van der Waals surface area contributed by atoms with Gasteiger partial charge >= 0.3 is 0 Å². The highest BCUT2D eigenvalue weighted by Crippen LogP contribution is 2.51. The second kappa shape index (κ2) is 6.41.